The van der Waals surface area contributed by atoms with E-state index in [4.69, 9.17) is 16.3 Å². The largest absolute Gasteiger partial charge is 0.444 e. The van der Waals surface area contributed by atoms with Crippen LogP contribution in [0.1, 0.15) is 31.9 Å². The van der Waals surface area contributed by atoms with E-state index in [-0.39, 0.29) is 6.09 Å². The van der Waals surface area contributed by atoms with Crippen LogP contribution in [0, 0.1) is 6.92 Å². The van der Waals surface area contributed by atoms with Gasteiger partial charge < -0.3 is 9.64 Å². The molecule has 0 aliphatic heterocycles. The Balaban J connectivity index is 2.14. The predicted octanol–water partition coefficient (Wildman–Crippen LogP) is 4.47. The van der Waals surface area contributed by atoms with Gasteiger partial charge in [0, 0.05) is 25.2 Å². The van der Waals surface area contributed by atoms with Crippen LogP contribution in [-0.4, -0.2) is 33.6 Å². The van der Waals surface area contributed by atoms with Gasteiger partial charge in [0.25, 0.3) is 0 Å². The smallest absolute Gasteiger partial charge is 0.410 e. The van der Waals surface area contributed by atoms with Crippen LogP contribution in [0.3, 0.4) is 0 Å². The van der Waals surface area contributed by atoms with Gasteiger partial charge in [-0.1, -0.05) is 23.7 Å². The highest BCUT2D eigenvalue weighted by Crippen LogP contribution is 2.23. The Morgan fingerprint density at radius 2 is 1.96 bits per heavy atom. The van der Waals surface area contributed by atoms with Crippen LogP contribution >= 0.6 is 11.6 Å². The van der Waals surface area contributed by atoms with E-state index in [1.807, 2.05) is 45.9 Å². The van der Waals surface area contributed by atoms with Crippen molar-refractivity contribution in [3.8, 4) is 11.3 Å². The Morgan fingerprint density at radius 1 is 1.25 bits per heavy atom. The van der Waals surface area contributed by atoms with Crippen LogP contribution in [0.25, 0.3) is 11.3 Å². The first-order valence-corrected chi connectivity index (χ1v) is 8.05. The molecule has 1 aromatic heterocycles. The average Bonchev–Trinajstić information content (AvgIpc) is 2.47. The Hall–Kier alpha value is -2.14. The molecular weight excluding hydrogens is 326 g/mol. The molecular formula is C18H22ClN3O2. The molecule has 6 heteroatoms. The highest BCUT2D eigenvalue weighted by Gasteiger charge is 2.20. The number of carbonyl (C=O) groups excluding carboxylic acids is 1. The number of carbonyl (C=O) groups is 1. The van der Waals surface area contributed by atoms with Gasteiger partial charge >= 0.3 is 6.09 Å². The van der Waals surface area contributed by atoms with Crippen molar-refractivity contribution in [3.05, 3.63) is 46.9 Å². The summed E-state index contributed by atoms with van der Waals surface area (Å²) in [7, 11) is 1.73. The first kappa shape index (κ1) is 18.2. The summed E-state index contributed by atoms with van der Waals surface area (Å²) in [5.74, 6) is 0. The molecule has 0 unspecified atom stereocenters. The molecule has 2 aromatic rings. The van der Waals surface area contributed by atoms with E-state index >= 15 is 0 Å². The van der Waals surface area contributed by atoms with Crippen molar-refractivity contribution in [1.29, 1.82) is 0 Å². The van der Waals surface area contributed by atoms with Gasteiger partial charge in [-0.2, -0.15) is 0 Å². The number of rotatable bonds is 3. The molecule has 0 aliphatic carbocycles. The van der Waals surface area contributed by atoms with Crippen LogP contribution in [0.15, 0.2) is 30.6 Å². The van der Waals surface area contributed by atoms with Crippen molar-refractivity contribution in [2.75, 3.05) is 7.05 Å². The molecule has 0 N–H and O–H groups in total. The number of hydrogen-bond acceptors (Lipinski definition) is 4. The van der Waals surface area contributed by atoms with Crippen molar-refractivity contribution in [3.63, 3.8) is 0 Å². The van der Waals surface area contributed by atoms with Gasteiger partial charge in [-0.05, 0) is 44.9 Å². The molecule has 128 valence electrons. The third kappa shape index (κ3) is 4.93. The number of nitrogens with zero attached hydrogens (tertiary/aromatic N) is 3. The van der Waals surface area contributed by atoms with Crippen LogP contribution in [0.4, 0.5) is 4.79 Å². The van der Waals surface area contributed by atoms with Crippen LogP contribution in [-0.2, 0) is 11.3 Å². The summed E-state index contributed by atoms with van der Waals surface area (Å²) < 4.78 is 5.37. The summed E-state index contributed by atoms with van der Waals surface area (Å²) in [6, 6.07) is 7.70. The molecule has 0 atom stereocenters. The Kier molecular flexibility index (Phi) is 5.44. The van der Waals surface area contributed by atoms with Crippen molar-refractivity contribution in [2.45, 2.75) is 39.8 Å². The maximum absolute atomic E-state index is 12.1. The van der Waals surface area contributed by atoms with Gasteiger partial charge in [-0.25, -0.2) is 14.8 Å². The highest BCUT2D eigenvalue weighted by atomic mass is 35.5. The zero-order chi connectivity index (χ0) is 17.9. The zero-order valence-electron chi connectivity index (χ0n) is 14.6. The minimum absolute atomic E-state index is 0.339. The van der Waals surface area contributed by atoms with E-state index < -0.39 is 5.60 Å². The third-order valence-electron chi connectivity index (χ3n) is 3.38. The van der Waals surface area contributed by atoms with Crippen molar-refractivity contribution in [1.82, 2.24) is 14.9 Å². The molecule has 1 aromatic carbocycles. The molecule has 0 aliphatic rings. The van der Waals surface area contributed by atoms with Crippen LogP contribution < -0.4 is 0 Å². The molecule has 0 spiro atoms. The van der Waals surface area contributed by atoms with E-state index in [9.17, 15) is 4.79 Å². The van der Waals surface area contributed by atoms with Crippen molar-refractivity contribution in [2.24, 2.45) is 0 Å². The second-order valence-electron chi connectivity index (χ2n) is 6.70. The maximum Gasteiger partial charge on any atom is 0.410 e. The fourth-order valence-corrected chi connectivity index (χ4v) is 2.33. The molecule has 24 heavy (non-hydrogen) atoms. The summed E-state index contributed by atoms with van der Waals surface area (Å²) in [6.07, 6.45) is 1.10. The minimum atomic E-state index is -0.503. The normalized spacial score (nSPS) is 11.2. The topological polar surface area (TPSA) is 55.3 Å². The summed E-state index contributed by atoms with van der Waals surface area (Å²) in [5, 5.41) is 0.409. The van der Waals surface area contributed by atoms with Gasteiger partial charge in [0.2, 0.25) is 0 Å². The number of aryl methyl sites for hydroxylation is 1. The number of benzene rings is 1. The molecule has 0 saturated heterocycles. The fourth-order valence-electron chi connectivity index (χ4n) is 2.18. The number of amides is 1. The second kappa shape index (κ2) is 7.18. The maximum atomic E-state index is 12.1. The number of aromatic nitrogens is 2. The predicted molar refractivity (Wildman–Crippen MR) is 94.9 cm³/mol. The summed E-state index contributed by atoms with van der Waals surface area (Å²) >= 11 is 5.91. The lowest BCUT2D eigenvalue weighted by Gasteiger charge is -2.25. The summed E-state index contributed by atoms with van der Waals surface area (Å²) in [4.78, 5) is 21.8. The van der Waals surface area contributed by atoms with Gasteiger partial charge in [0.15, 0.2) is 0 Å². The molecule has 2 rings (SSSR count). The van der Waals surface area contributed by atoms with Gasteiger partial charge in [-0.3, -0.25) is 0 Å². The van der Waals surface area contributed by atoms with Gasteiger partial charge in [-0.15, -0.1) is 0 Å². The second-order valence-corrected chi connectivity index (χ2v) is 7.09. The molecule has 0 saturated carbocycles. The SMILES string of the molecule is Cc1cc(-c2cc(Cl)ncn2)ccc1CN(C)C(=O)OC(C)(C)C. The molecule has 1 amide bonds. The lowest BCUT2D eigenvalue weighted by atomic mass is 10.0. The first-order valence-electron chi connectivity index (χ1n) is 7.67. The van der Waals surface area contributed by atoms with E-state index in [0.717, 1.165) is 22.4 Å². The van der Waals surface area contributed by atoms with E-state index in [1.54, 1.807) is 18.0 Å². The highest BCUT2D eigenvalue weighted by molar-refractivity contribution is 6.29. The Labute approximate surface area is 147 Å². The van der Waals surface area contributed by atoms with E-state index in [0.29, 0.717) is 11.7 Å². The zero-order valence-corrected chi connectivity index (χ0v) is 15.4. The average molecular weight is 348 g/mol. The number of halogens is 1. The number of hydrogen-bond donors (Lipinski definition) is 0. The molecule has 5 nitrogen and oxygen atoms in total. The minimum Gasteiger partial charge on any atom is -0.444 e. The van der Waals surface area contributed by atoms with Crippen molar-refractivity contribution < 1.29 is 9.53 Å². The third-order valence-corrected chi connectivity index (χ3v) is 3.59. The van der Waals surface area contributed by atoms with Crippen LogP contribution in [0.2, 0.25) is 5.15 Å². The molecule has 0 fully saturated rings. The quantitative estimate of drug-likeness (QED) is 0.768. The van der Waals surface area contributed by atoms with E-state index in [1.165, 1.54) is 6.33 Å². The van der Waals surface area contributed by atoms with Gasteiger partial charge in [0.05, 0.1) is 5.69 Å². The fraction of sp³-hybridized carbons (Fsp3) is 0.389. The summed E-state index contributed by atoms with van der Waals surface area (Å²) in [5.41, 5.74) is 3.34. The summed E-state index contributed by atoms with van der Waals surface area (Å²) in [6.45, 7) is 8.04. The lowest BCUT2D eigenvalue weighted by molar-refractivity contribution is 0.0285. The van der Waals surface area contributed by atoms with Crippen molar-refractivity contribution >= 4 is 17.7 Å². The lowest BCUT2D eigenvalue weighted by Crippen LogP contribution is -2.33. The Morgan fingerprint density at radius 3 is 2.54 bits per heavy atom. The van der Waals surface area contributed by atoms with Gasteiger partial charge in [0.1, 0.15) is 17.1 Å². The number of ether oxygens (including phenoxy) is 1. The molecule has 0 radical (unpaired) electrons. The molecule has 0 bridgehead atoms. The monoisotopic (exact) mass is 347 g/mol. The standard InChI is InChI=1S/C18H22ClN3O2/c1-12-8-13(15-9-16(19)21-11-20-15)6-7-14(12)10-22(5)17(23)24-18(2,3)4/h6-9,11H,10H2,1-5H3. The molecule has 1 heterocycles. The van der Waals surface area contributed by atoms with Crippen LogP contribution in [0.5, 0.6) is 0 Å². The first-order chi connectivity index (χ1) is 11.2. The Bertz CT molecular complexity index is 741. The van der Waals surface area contributed by atoms with E-state index in [2.05, 4.69) is 9.97 Å².